The Hall–Kier alpha value is -2.66. The maximum Gasteiger partial charge on any atom is 0.225 e. The number of nitrogens with one attached hydrogen (secondary N) is 1. The Morgan fingerprint density at radius 2 is 1.84 bits per heavy atom. The second-order valence-electron chi connectivity index (χ2n) is 5.97. The molecule has 3 aromatic rings. The number of methoxy groups -OCH3 is 1. The molecule has 1 aromatic heterocycles. The number of halogens is 1. The van der Waals surface area contributed by atoms with Crippen molar-refractivity contribution in [2.24, 2.45) is 0 Å². The third-order valence-electron chi connectivity index (χ3n) is 4.46. The molecule has 0 spiro atoms. The van der Waals surface area contributed by atoms with Gasteiger partial charge in [0.2, 0.25) is 5.91 Å². The van der Waals surface area contributed by atoms with Crippen LogP contribution in [0.4, 0.5) is 10.1 Å². The predicted octanol–water partition coefficient (Wildman–Crippen LogP) is 5.04. The first-order valence-electron chi connectivity index (χ1n) is 7.97. The van der Waals surface area contributed by atoms with Gasteiger partial charge in [-0.3, -0.25) is 4.79 Å². The van der Waals surface area contributed by atoms with E-state index in [-0.39, 0.29) is 17.6 Å². The first-order chi connectivity index (χ1) is 12.2. The van der Waals surface area contributed by atoms with Crippen LogP contribution in [0.3, 0.4) is 0 Å². The molecule has 0 aliphatic carbocycles. The van der Waals surface area contributed by atoms with Gasteiger partial charge in [-0.2, -0.15) is 0 Å². The Balaban J connectivity index is 1.76. The minimum Gasteiger partial charge on any atom is -0.497 e. The Labute approximate surface area is 149 Å². The molecule has 3 nitrogen and oxygen atoms in total. The fourth-order valence-corrected chi connectivity index (χ4v) is 4.34. The van der Waals surface area contributed by atoms with Crippen molar-refractivity contribution >= 4 is 22.9 Å². The van der Waals surface area contributed by atoms with Crippen molar-refractivity contribution in [2.45, 2.75) is 12.3 Å². The topological polar surface area (TPSA) is 38.3 Å². The number of amides is 1. The number of benzene rings is 2. The van der Waals surface area contributed by atoms with Gasteiger partial charge in [0.05, 0.1) is 12.8 Å². The molecular weight excluding hydrogens is 337 g/mol. The Morgan fingerprint density at radius 3 is 2.52 bits per heavy atom. The zero-order valence-corrected chi connectivity index (χ0v) is 14.4. The first-order valence-corrected chi connectivity index (χ1v) is 8.85. The highest BCUT2D eigenvalue weighted by molar-refractivity contribution is 7.11. The summed E-state index contributed by atoms with van der Waals surface area (Å²) in [6.45, 7) is 0. The van der Waals surface area contributed by atoms with Gasteiger partial charge in [0.1, 0.15) is 11.6 Å². The van der Waals surface area contributed by atoms with Gasteiger partial charge in [0, 0.05) is 28.2 Å². The highest BCUT2D eigenvalue weighted by Crippen LogP contribution is 2.46. The van der Waals surface area contributed by atoms with Crippen molar-refractivity contribution < 1.29 is 13.9 Å². The molecule has 0 radical (unpaired) electrons. The number of hydrogen-bond donors (Lipinski definition) is 1. The molecule has 0 bridgehead atoms. The summed E-state index contributed by atoms with van der Waals surface area (Å²) in [5.74, 6) is 0.465. The normalized spacial score (nSPS) is 16.2. The summed E-state index contributed by atoms with van der Waals surface area (Å²) in [7, 11) is 1.63. The smallest absolute Gasteiger partial charge is 0.225 e. The lowest BCUT2D eigenvalue weighted by molar-refractivity contribution is -0.116. The number of thiophene rings is 1. The van der Waals surface area contributed by atoms with Gasteiger partial charge in [-0.05, 0) is 35.4 Å². The van der Waals surface area contributed by atoms with Crippen LogP contribution in [0.15, 0.2) is 53.9 Å². The maximum atomic E-state index is 13.2. The SMILES string of the molecule is COc1ccc(-c2csc3c2NC(=O)C[C@@H]3c2ccc(F)cc2)cc1. The van der Waals surface area contributed by atoms with Gasteiger partial charge in [-0.25, -0.2) is 4.39 Å². The highest BCUT2D eigenvalue weighted by atomic mass is 32.1. The molecule has 1 N–H and O–H groups in total. The fourth-order valence-electron chi connectivity index (χ4n) is 3.17. The molecule has 1 aliphatic rings. The molecule has 0 fully saturated rings. The second-order valence-corrected chi connectivity index (χ2v) is 6.88. The van der Waals surface area contributed by atoms with Crippen molar-refractivity contribution in [1.29, 1.82) is 0 Å². The standard InChI is InChI=1S/C20H16FNO2S/c1-24-15-8-4-13(5-9-15)17-11-25-20-16(10-18(23)22-19(17)20)12-2-6-14(21)7-3-12/h2-9,11,16H,10H2,1H3,(H,22,23)/t16-/m1/s1. The summed E-state index contributed by atoms with van der Waals surface area (Å²) in [6.07, 6.45) is 0.376. The Bertz CT molecular complexity index is 916. The summed E-state index contributed by atoms with van der Waals surface area (Å²) in [6, 6.07) is 14.2. The van der Waals surface area contributed by atoms with Crippen molar-refractivity contribution in [3.8, 4) is 16.9 Å². The van der Waals surface area contributed by atoms with Gasteiger partial charge < -0.3 is 10.1 Å². The molecule has 1 amide bonds. The van der Waals surface area contributed by atoms with E-state index in [9.17, 15) is 9.18 Å². The van der Waals surface area contributed by atoms with Gasteiger partial charge in [-0.1, -0.05) is 24.3 Å². The van der Waals surface area contributed by atoms with Crippen LogP contribution in [0.1, 0.15) is 22.8 Å². The molecule has 2 heterocycles. The number of carbonyl (C=O) groups is 1. The molecule has 0 unspecified atom stereocenters. The maximum absolute atomic E-state index is 13.2. The van der Waals surface area contributed by atoms with Gasteiger partial charge >= 0.3 is 0 Å². The molecule has 25 heavy (non-hydrogen) atoms. The molecule has 0 saturated carbocycles. The van der Waals surface area contributed by atoms with E-state index in [0.29, 0.717) is 6.42 Å². The van der Waals surface area contributed by atoms with Crippen molar-refractivity contribution in [3.05, 3.63) is 70.2 Å². The van der Waals surface area contributed by atoms with Crippen LogP contribution in [-0.4, -0.2) is 13.0 Å². The molecule has 5 heteroatoms. The van der Waals surface area contributed by atoms with E-state index in [1.165, 1.54) is 12.1 Å². The lowest BCUT2D eigenvalue weighted by Gasteiger charge is -2.24. The number of hydrogen-bond acceptors (Lipinski definition) is 3. The molecule has 0 saturated heterocycles. The monoisotopic (exact) mass is 353 g/mol. The number of rotatable bonds is 3. The lowest BCUT2D eigenvalue weighted by Crippen LogP contribution is -2.22. The third kappa shape index (κ3) is 2.91. The Kier molecular flexibility index (Phi) is 4.01. The second kappa shape index (κ2) is 6.33. The van der Waals surface area contributed by atoms with Crippen LogP contribution in [0.25, 0.3) is 11.1 Å². The van der Waals surface area contributed by atoms with Crippen LogP contribution in [-0.2, 0) is 4.79 Å². The minimum atomic E-state index is -0.269. The average molecular weight is 353 g/mol. The Morgan fingerprint density at radius 1 is 1.12 bits per heavy atom. The molecule has 1 atom stereocenters. The van der Waals surface area contributed by atoms with Crippen molar-refractivity contribution in [2.75, 3.05) is 12.4 Å². The average Bonchev–Trinajstić information content (AvgIpc) is 3.05. The van der Waals surface area contributed by atoms with Crippen LogP contribution in [0.2, 0.25) is 0 Å². The van der Waals surface area contributed by atoms with E-state index >= 15 is 0 Å². The van der Waals surface area contributed by atoms with Gasteiger partial charge in [0.25, 0.3) is 0 Å². The first kappa shape index (κ1) is 15.8. The van der Waals surface area contributed by atoms with Gasteiger partial charge in [0.15, 0.2) is 0 Å². The summed E-state index contributed by atoms with van der Waals surface area (Å²) >= 11 is 1.63. The summed E-state index contributed by atoms with van der Waals surface area (Å²) in [5.41, 5.74) is 3.85. The van der Waals surface area contributed by atoms with E-state index in [0.717, 1.165) is 33.0 Å². The van der Waals surface area contributed by atoms with Crippen LogP contribution >= 0.6 is 11.3 Å². The quantitative estimate of drug-likeness (QED) is 0.717. The zero-order valence-electron chi connectivity index (χ0n) is 13.6. The predicted molar refractivity (Wildman–Crippen MR) is 97.8 cm³/mol. The number of ether oxygens (including phenoxy) is 1. The number of fused-ring (bicyclic) bond motifs is 1. The van der Waals surface area contributed by atoms with E-state index in [2.05, 4.69) is 10.7 Å². The van der Waals surface area contributed by atoms with E-state index in [1.54, 1.807) is 30.6 Å². The molecule has 4 rings (SSSR count). The number of anilines is 1. The van der Waals surface area contributed by atoms with Crippen molar-refractivity contribution in [1.82, 2.24) is 0 Å². The van der Waals surface area contributed by atoms with Crippen LogP contribution in [0.5, 0.6) is 5.75 Å². The highest BCUT2D eigenvalue weighted by Gasteiger charge is 2.30. The summed E-state index contributed by atoms with van der Waals surface area (Å²) in [5, 5.41) is 5.08. The molecule has 2 aromatic carbocycles. The van der Waals surface area contributed by atoms with Gasteiger partial charge in [-0.15, -0.1) is 11.3 Å². The van der Waals surface area contributed by atoms with Crippen LogP contribution < -0.4 is 10.1 Å². The molecular formula is C20H16FNO2S. The van der Waals surface area contributed by atoms with E-state index in [4.69, 9.17) is 4.74 Å². The third-order valence-corrected chi connectivity index (χ3v) is 5.56. The zero-order chi connectivity index (χ0) is 17.4. The lowest BCUT2D eigenvalue weighted by atomic mass is 9.89. The number of carbonyl (C=O) groups excluding carboxylic acids is 1. The summed E-state index contributed by atoms with van der Waals surface area (Å²) < 4.78 is 18.4. The van der Waals surface area contributed by atoms with Crippen molar-refractivity contribution in [3.63, 3.8) is 0 Å². The van der Waals surface area contributed by atoms with Crippen LogP contribution in [0, 0.1) is 5.82 Å². The largest absolute Gasteiger partial charge is 0.497 e. The summed E-state index contributed by atoms with van der Waals surface area (Å²) in [4.78, 5) is 13.4. The molecule has 126 valence electrons. The van der Waals surface area contributed by atoms with E-state index < -0.39 is 0 Å². The van der Waals surface area contributed by atoms with E-state index in [1.807, 2.05) is 24.3 Å². The molecule has 1 aliphatic heterocycles. The fraction of sp³-hybridized carbons (Fsp3) is 0.150. The minimum absolute atomic E-state index is 0.0185.